The zero-order chi connectivity index (χ0) is 30.3. The average molecular weight is 620 g/mol. The Bertz CT molecular complexity index is 1460. The van der Waals surface area contributed by atoms with Crippen LogP contribution in [0.3, 0.4) is 0 Å². The molecular formula is C30H36Cl2N4O4S. The Morgan fingerprint density at radius 2 is 1.56 bits per heavy atom. The van der Waals surface area contributed by atoms with Crippen LogP contribution in [0.15, 0.2) is 66.7 Å². The third kappa shape index (κ3) is 8.01. The summed E-state index contributed by atoms with van der Waals surface area (Å²) in [6, 6.07) is 18.8. The number of benzene rings is 3. The van der Waals surface area contributed by atoms with Crippen molar-refractivity contribution in [3.8, 4) is 0 Å². The Kier molecular flexibility index (Phi) is 11.2. The third-order valence-electron chi connectivity index (χ3n) is 6.66. The van der Waals surface area contributed by atoms with Crippen LogP contribution in [0.5, 0.6) is 0 Å². The van der Waals surface area contributed by atoms with Crippen LogP contribution in [0.2, 0.25) is 10.0 Å². The fourth-order valence-electron chi connectivity index (χ4n) is 4.39. The summed E-state index contributed by atoms with van der Waals surface area (Å²) in [5.41, 5.74) is 3.18. The first-order valence-electron chi connectivity index (χ1n) is 13.2. The fraction of sp³-hybridized carbons (Fsp3) is 0.333. The second-order valence-corrected chi connectivity index (χ2v) is 12.8. The number of amides is 2. The van der Waals surface area contributed by atoms with E-state index in [0.717, 1.165) is 19.7 Å². The summed E-state index contributed by atoms with van der Waals surface area (Å²) in [6.45, 7) is 5.13. The maximum absolute atomic E-state index is 14.3. The molecule has 8 nitrogen and oxygen atoms in total. The maximum Gasteiger partial charge on any atom is 0.304 e. The molecule has 0 aliphatic heterocycles. The van der Waals surface area contributed by atoms with Gasteiger partial charge in [-0.3, -0.25) is 9.59 Å². The number of carbonyl (C=O) groups excluding carboxylic acids is 2. The molecule has 0 radical (unpaired) electrons. The van der Waals surface area contributed by atoms with E-state index in [4.69, 9.17) is 23.2 Å². The van der Waals surface area contributed by atoms with Gasteiger partial charge in [-0.2, -0.15) is 12.7 Å². The first-order valence-corrected chi connectivity index (χ1v) is 15.3. The van der Waals surface area contributed by atoms with E-state index in [-0.39, 0.29) is 18.9 Å². The quantitative estimate of drug-likeness (QED) is 0.309. The van der Waals surface area contributed by atoms with Crippen molar-refractivity contribution in [1.29, 1.82) is 0 Å². The molecule has 1 atom stereocenters. The van der Waals surface area contributed by atoms with Gasteiger partial charge in [0.05, 0.1) is 5.69 Å². The smallest absolute Gasteiger partial charge is 0.304 e. The molecule has 0 saturated carbocycles. The number of nitrogens with one attached hydrogen (secondary N) is 1. The number of nitrogens with zero attached hydrogens (tertiary/aromatic N) is 3. The van der Waals surface area contributed by atoms with Gasteiger partial charge >= 0.3 is 10.2 Å². The van der Waals surface area contributed by atoms with E-state index in [9.17, 15) is 18.0 Å². The van der Waals surface area contributed by atoms with Crippen molar-refractivity contribution in [2.45, 2.75) is 39.8 Å². The summed E-state index contributed by atoms with van der Waals surface area (Å²) >= 11 is 13.0. The molecule has 3 rings (SSSR count). The minimum Gasteiger partial charge on any atom is -0.355 e. The summed E-state index contributed by atoms with van der Waals surface area (Å²) in [6.07, 6.45) is 0.199. The number of likely N-dealkylation sites (N-methyl/N-ethyl adjacent to an activating group) is 1. The molecule has 1 N–H and O–H groups in total. The molecule has 0 aliphatic carbocycles. The van der Waals surface area contributed by atoms with E-state index >= 15 is 0 Å². The Labute approximate surface area is 253 Å². The molecule has 11 heteroatoms. The zero-order valence-corrected chi connectivity index (χ0v) is 26.2. The van der Waals surface area contributed by atoms with Gasteiger partial charge in [0.25, 0.3) is 0 Å². The van der Waals surface area contributed by atoms with Crippen molar-refractivity contribution in [2.24, 2.45) is 0 Å². The highest BCUT2D eigenvalue weighted by Gasteiger charge is 2.35. The van der Waals surface area contributed by atoms with Crippen LogP contribution in [0.25, 0.3) is 0 Å². The summed E-state index contributed by atoms with van der Waals surface area (Å²) in [4.78, 5) is 29.2. The predicted octanol–water partition coefficient (Wildman–Crippen LogP) is 5.00. The van der Waals surface area contributed by atoms with Gasteiger partial charge in [-0.1, -0.05) is 71.7 Å². The van der Waals surface area contributed by atoms with Crippen molar-refractivity contribution in [3.05, 3.63) is 99.0 Å². The van der Waals surface area contributed by atoms with Crippen molar-refractivity contribution in [3.63, 3.8) is 0 Å². The standard InChI is InChI=1S/C30H36Cl2N4O4S/c1-6-33-30(38)28(18-23-11-8-7-9-12-23)35(19-24-25(31)13-10-14-26(24)32)29(37)20-36(41(39,40)34(4)5)27-17-21(2)15-16-22(27)3/h7-17,28H,6,18-20H2,1-5H3,(H,33,38)/t28-/m1/s1. The lowest BCUT2D eigenvalue weighted by Gasteiger charge is -2.35. The fourth-order valence-corrected chi connectivity index (χ4v) is 6.02. The Balaban J connectivity index is 2.16. The third-order valence-corrected chi connectivity index (χ3v) is 9.18. The SMILES string of the molecule is CCNC(=O)[C@@H](Cc1ccccc1)N(Cc1c(Cl)cccc1Cl)C(=O)CN(c1cc(C)ccc1C)S(=O)(=O)N(C)C. The highest BCUT2D eigenvalue weighted by Crippen LogP contribution is 2.29. The van der Waals surface area contributed by atoms with Crippen molar-refractivity contribution >= 4 is 50.9 Å². The van der Waals surface area contributed by atoms with Crippen molar-refractivity contribution in [2.75, 3.05) is 31.5 Å². The molecule has 0 heterocycles. The van der Waals surface area contributed by atoms with Crippen molar-refractivity contribution in [1.82, 2.24) is 14.5 Å². The second kappa shape index (κ2) is 14.2. The van der Waals surface area contributed by atoms with Gasteiger partial charge in [-0.15, -0.1) is 0 Å². The van der Waals surface area contributed by atoms with Gasteiger partial charge in [0, 0.05) is 49.2 Å². The topological polar surface area (TPSA) is 90.0 Å². The highest BCUT2D eigenvalue weighted by atomic mass is 35.5. The molecule has 0 aliphatic rings. The summed E-state index contributed by atoms with van der Waals surface area (Å²) < 4.78 is 29.3. The minimum absolute atomic E-state index is 0.103. The lowest BCUT2D eigenvalue weighted by molar-refractivity contribution is -0.140. The number of halogens is 2. The van der Waals surface area contributed by atoms with E-state index in [1.165, 1.54) is 19.0 Å². The predicted molar refractivity (Wildman–Crippen MR) is 165 cm³/mol. The maximum atomic E-state index is 14.3. The first-order chi connectivity index (χ1) is 19.4. The monoisotopic (exact) mass is 618 g/mol. The second-order valence-electron chi connectivity index (χ2n) is 9.91. The van der Waals surface area contributed by atoms with Crippen LogP contribution < -0.4 is 9.62 Å². The number of anilines is 1. The van der Waals surface area contributed by atoms with Gasteiger partial charge in [-0.05, 0) is 55.7 Å². The van der Waals surface area contributed by atoms with Crippen LogP contribution in [0.4, 0.5) is 5.69 Å². The molecule has 0 unspecified atom stereocenters. The molecule has 2 amide bonds. The van der Waals surface area contributed by atoms with Crippen LogP contribution in [-0.2, 0) is 32.8 Å². The Morgan fingerprint density at radius 1 is 0.927 bits per heavy atom. The molecule has 0 aromatic heterocycles. The Hall–Kier alpha value is -3.11. The van der Waals surface area contributed by atoms with E-state index < -0.39 is 28.7 Å². The number of carbonyl (C=O) groups is 2. The molecule has 3 aromatic carbocycles. The summed E-state index contributed by atoms with van der Waals surface area (Å²) in [5, 5.41) is 3.49. The minimum atomic E-state index is -4.10. The summed E-state index contributed by atoms with van der Waals surface area (Å²) in [7, 11) is -1.28. The lowest BCUT2D eigenvalue weighted by Crippen LogP contribution is -2.54. The average Bonchev–Trinajstić information content (AvgIpc) is 2.92. The van der Waals surface area contributed by atoms with E-state index in [1.54, 1.807) is 38.1 Å². The van der Waals surface area contributed by atoms with Crippen LogP contribution in [0, 0.1) is 13.8 Å². The first kappa shape index (κ1) is 32.4. The van der Waals surface area contributed by atoms with Crippen LogP contribution in [0.1, 0.15) is 29.2 Å². The number of hydrogen-bond acceptors (Lipinski definition) is 4. The van der Waals surface area contributed by atoms with Gasteiger partial charge in [-0.25, -0.2) is 4.31 Å². The van der Waals surface area contributed by atoms with Gasteiger partial charge in [0.1, 0.15) is 12.6 Å². The van der Waals surface area contributed by atoms with E-state index in [1.807, 2.05) is 49.4 Å². The van der Waals surface area contributed by atoms with Gasteiger partial charge in [0.15, 0.2) is 0 Å². The zero-order valence-electron chi connectivity index (χ0n) is 23.9. The lowest BCUT2D eigenvalue weighted by atomic mass is 10.0. The van der Waals surface area contributed by atoms with Gasteiger partial charge in [0.2, 0.25) is 11.8 Å². The largest absolute Gasteiger partial charge is 0.355 e. The van der Waals surface area contributed by atoms with E-state index in [0.29, 0.717) is 33.4 Å². The molecule has 3 aromatic rings. The molecule has 0 bridgehead atoms. The normalized spacial score (nSPS) is 12.2. The molecule has 0 spiro atoms. The van der Waals surface area contributed by atoms with Gasteiger partial charge < -0.3 is 10.2 Å². The molecule has 41 heavy (non-hydrogen) atoms. The van der Waals surface area contributed by atoms with E-state index in [2.05, 4.69) is 5.32 Å². The summed E-state index contributed by atoms with van der Waals surface area (Å²) in [5.74, 6) is -0.957. The Morgan fingerprint density at radius 3 is 2.15 bits per heavy atom. The number of hydrogen-bond donors (Lipinski definition) is 1. The highest BCUT2D eigenvalue weighted by molar-refractivity contribution is 7.90. The molecule has 0 saturated heterocycles. The van der Waals surface area contributed by atoms with Crippen molar-refractivity contribution < 1.29 is 18.0 Å². The van der Waals surface area contributed by atoms with Crippen LogP contribution in [-0.4, -0.2) is 62.7 Å². The van der Waals surface area contributed by atoms with Crippen LogP contribution >= 0.6 is 23.2 Å². The molecule has 220 valence electrons. The number of aryl methyl sites for hydroxylation is 2. The molecule has 0 fully saturated rings. The number of rotatable bonds is 12. The molecular weight excluding hydrogens is 583 g/mol.